The first-order valence-corrected chi connectivity index (χ1v) is 5.22. The Morgan fingerprint density at radius 2 is 2.06 bits per heavy atom. The summed E-state index contributed by atoms with van der Waals surface area (Å²) in [6.07, 6.45) is 0.920. The predicted octanol–water partition coefficient (Wildman–Crippen LogP) is 0.142. The molecule has 0 spiro atoms. The Labute approximate surface area is 91.5 Å². The topological polar surface area (TPSA) is 72.7 Å². The lowest BCUT2D eigenvalue weighted by Gasteiger charge is -2.03. The van der Waals surface area contributed by atoms with E-state index in [9.17, 15) is 9.59 Å². The molecule has 0 amide bonds. The maximum atomic E-state index is 11.8. The van der Waals surface area contributed by atoms with Crippen LogP contribution in [0, 0.1) is 6.92 Å². The smallest absolute Gasteiger partial charge is 0.314 e. The van der Waals surface area contributed by atoms with Gasteiger partial charge in [-0.05, 0) is 13.3 Å². The van der Waals surface area contributed by atoms with Crippen molar-refractivity contribution in [3.05, 3.63) is 26.7 Å². The van der Waals surface area contributed by atoms with E-state index in [-0.39, 0.29) is 5.56 Å². The molecular weight excluding hydrogens is 208 g/mol. The highest BCUT2D eigenvalue weighted by molar-refractivity contribution is 5.69. The van der Waals surface area contributed by atoms with Crippen LogP contribution in [0.25, 0.3) is 11.2 Å². The van der Waals surface area contributed by atoms with E-state index in [1.807, 2.05) is 18.4 Å². The molecule has 0 aliphatic rings. The summed E-state index contributed by atoms with van der Waals surface area (Å²) in [5.41, 5.74) is 0.0898. The number of H-pyrrole nitrogens is 1. The summed E-state index contributed by atoms with van der Waals surface area (Å²) >= 11 is 0. The first kappa shape index (κ1) is 10.7. The van der Waals surface area contributed by atoms with Gasteiger partial charge in [0.15, 0.2) is 5.52 Å². The molecule has 0 saturated carbocycles. The summed E-state index contributed by atoms with van der Waals surface area (Å²) in [5.74, 6) is 0.746. The fourth-order valence-corrected chi connectivity index (χ4v) is 1.77. The highest BCUT2D eigenvalue weighted by atomic mass is 16.2. The van der Waals surface area contributed by atoms with Crippen LogP contribution in [-0.4, -0.2) is 19.1 Å². The molecule has 0 aliphatic heterocycles. The standard InChI is InChI=1S/C10H14N4O2/c1-4-5-14-6(2)11-7-8(14)12-10(16)13(3)9(7)15/h4-5H2,1-3H3,(H,12,16). The number of nitrogens with zero attached hydrogens (tertiary/aromatic N) is 3. The molecule has 0 aromatic carbocycles. The van der Waals surface area contributed by atoms with Crippen LogP contribution < -0.4 is 11.2 Å². The fourth-order valence-electron chi connectivity index (χ4n) is 1.77. The maximum Gasteiger partial charge on any atom is 0.329 e. The average Bonchev–Trinajstić information content (AvgIpc) is 2.55. The number of hydrogen-bond donors (Lipinski definition) is 1. The average molecular weight is 222 g/mol. The zero-order valence-electron chi connectivity index (χ0n) is 9.57. The summed E-state index contributed by atoms with van der Waals surface area (Å²) in [6, 6.07) is 0. The van der Waals surface area contributed by atoms with Crippen molar-refractivity contribution in [2.75, 3.05) is 0 Å². The number of rotatable bonds is 2. The second-order valence-electron chi connectivity index (χ2n) is 3.80. The van der Waals surface area contributed by atoms with Crippen LogP contribution in [0.5, 0.6) is 0 Å². The van der Waals surface area contributed by atoms with Gasteiger partial charge in [0.1, 0.15) is 11.5 Å². The third kappa shape index (κ3) is 1.37. The molecule has 0 aliphatic carbocycles. The summed E-state index contributed by atoms with van der Waals surface area (Å²) in [7, 11) is 1.44. The molecule has 0 bridgehead atoms. The molecule has 0 atom stereocenters. The van der Waals surface area contributed by atoms with Crippen molar-refractivity contribution < 1.29 is 0 Å². The Bertz CT molecular complexity index is 647. The van der Waals surface area contributed by atoms with E-state index in [1.54, 1.807) is 0 Å². The highest BCUT2D eigenvalue weighted by Gasteiger charge is 2.12. The SMILES string of the molecule is CCCn1c(C)nc2c(=O)n(C)c(=O)[nH]c21. The van der Waals surface area contributed by atoms with Crippen LogP contribution in [-0.2, 0) is 13.6 Å². The second kappa shape index (κ2) is 3.62. The maximum absolute atomic E-state index is 11.8. The first-order chi connectivity index (χ1) is 7.56. The molecule has 2 rings (SSSR count). The largest absolute Gasteiger partial charge is 0.329 e. The van der Waals surface area contributed by atoms with E-state index in [4.69, 9.17) is 0 Å². The van der Waals surface area contributed by atoms with Crippen LogP contribution in [0.4, 0.5) is 0 Å². The molecule has 16 heavy (non-hydrogen) atoms. The van der Waals surface area contributed by atoms with Crippen molar-refractivity contribution in [3.8, 4) is 0 Å². The Hall–Kier alpha value is -1.85. The monoisotopic (exact) mass is 222 g/mol. The predicted molar refractivity (Wildman–Crippen MR) is 60.6 cm³/mol. The van der Waals surface area contributed by atoms with Gasteiger partial charge in [-0.15, -0.1) is 0 Å². The zero-order chi connectivity index (χ0) is 11.9. The van der Waals surface area contributed by atoms with E-state index in [0.717, 1.165) is 23.4 Å². The summed E-state index contributed by atoms with van der Waals surface area (Å²) in [5, 5.41) is 0. The van der Waals surface area contributed by atoms with Gasteiger partial charge in [0.05, 0.1) is 0 Å². The van der Waals surface area contributed by atoms with Crippen molar-refractivity contribution in [2.24, 2.45) is 7.05 Å². The lowest BCUT2D eigenvalue weighted by atomic mass is 10.4. The van der Waals surface area contributed by atoms with Crippen LogP contribution in [0.2, 0.25) is 0 Å². The van der Waals surface area contributed by atoms with Gasteiger partial charge < -0.3 is 4.57 Å². The van der Waals surface area contributed by atoms with Gasteiger partial charge in [-0.3, -0.25) is 14.3 Å². The number of hydrogen-bond acceptors (Lipinski definition) is 3. The number of aryl methyl sites for hydroxylation is 2. The normalized spacial score (nSPS) is 11.2. The lowest BCUT2D eigenvalue weighted by molar-refractivity contribution is 0.667. The van der Waals surface area contributed by atoms with E-state index in [1.165, 1.54) is 7.05 Å². The molecule has 86 valence electrons. The quantitative estimate of drug-likeness (QED) is 0.785. The Morgan fingerprint density at radius 1 is 1.38 bits per heavy atom. The molecule has 0 fully saturated rings. The lowest BCUT2D eigenvalue weighted by Crippen LogP contribution is -2.32. The summed E-state index contributed by atoms with van der Waals surface area (Å²) in [4.78, 5) is 30.1. The van der Waals surface area contributed by atoms with Crippen LogP contribution in [0.3, 0.4) is 0 Å². The molecule has 1 N–H and O–H groups in total. The molecule has 2 aromatic heterocycles. The summed E-state index contributed by atoms with van der Waals surface area (Å²) < 4.78 is 2.89. The molecular formula is C10H14N4O2. The van der Waals surface area contributed by atoms with Gasteiger partial charge in [-0.25, -0.2) is 9.78 Å². The first-order valence-electron chi connectivity index (χ1n) is 5.22. The molecule has 2 aromatic rings. The van der Waals surface area contributed by atoms with Crippen LogP contribution >= 0.6 is 0 Å². The molecule has 0 radical (unpaired) electrons. The molecule has 2 heterocycles. The molecule has 0 saturated heterocycles. The summed E-state index contributed by atoms with van der Waals surface area (Å²) in [6.45, 7) is 4.60. The van der Waals surface area contributed by atoms with Crippen LogP contribution in [0.15, 0.2) is 9.59 Å². The van der Waals surface area contributed by atoms with E-state index < -0.39 is 5.69 Å². The van der Waals surface area contributed by atoms with E-state index >= 15 is 0 Å². The van der Waals surface area contributed by atoms with Gasteiger partial charge >= 0.3 is 5.69 Å². The molecule has 0 unspecified atom stereocenters. The Balaban J connectivity index is 2.91. The number of nitrogens with one attached hydrogen (secondary N) is 1. The number of aromatic amines is 1. The van der Waals surface area contributed by atoms with Gasteiger partial charge in [0.25, 0.3) is 5.56 Å². The van der Waals surface area contributed by atoms with Crippen molar-refractivity contribution >= 4 is 11.2 Å². The minimum absolute atomic E-state index is 0.327. The Morgan fingerprint density at radius 3 is 2.69 bits per heavy atom. The molecule has 6 nitrogen and oxygen atoms in total. The van der Waals surface area contributed by atoms with Gasteiger partial charge in [-0.2, -0.15) is 0 Å². The van der Waals surface area contributed by atoms with Gasteiger partial charge in [-0.1, -0.05) is 6.92 Å². The third-order valence-corrected chi connectivity index (χ3v) is 2.64. The van der Waals surface area contributed by atoms with Gasteiger partial charge in [0.2, 0.25) is 0 Å². The van der Waals surface area contributed by atoms with Crippen molar-refractivity contribution in [2.45, 2.75) is 26.8 Å². The van der Waals surface area contributed by atoms with E-state index in [2.05, 4.69) is 9.97 Å². The van der Waals surface area contributed by atoms with E-state index in [0.29, 0.717) is 11.2 Å². The Kier molecular flexibility index (Phi) is 2.41. The minimum Gasteiger partial charge on any atom is -0.314 e. The fraction of sp³-hybridized carbons (Fsp3) is 0.500. The van der Waals surface area contributed by atoms with Crippen molar-refractivity contribution in [1.82, 2.24) is 19.1 Å². The van der Waals surface area contributed by atoms with Crippen molar-refractivity contribution in [3.63, 3.8) is 0 Å². The number of fused-ring (bicyclic) bond motifs is 1. The van der Waals surface area contributed by atoms with Gasteiger partial charge in [0, 0.05) is 13.6 Å². The highest BCUT2D eigenvalue weighted by Crippen LogP contribution is 2.08. The number of aromatic nitrogens is 4. The molecule has 6 heteroatoms. The van der Waals surface area contributed by atoms with Crippen molar-refractivity contribution in [1.29, 1.82) is 0 Å². The second-order valence-corrected chi connectivity index (χ2v) is 3.80. The number of imidazole rings is 1. The third-order valence-electron chi connectivity index (χ3n) is 2.64. The zero-order valence-corrected chi connectivity index (χ0v) is 9.57. The van der Waals surface area contributed by atoms with Crippen LogP contribution in [0.1, 0.15) is 19.2 Å². The minimum atomic E-state index is -0.408.